The van der Waals surface area contributed by atoms with E-state index in [1.807, 2.05) is 13.8 Å². The van der Waals surface area contributed by atoms with Crippen LogP contribution in [-0.4, -0.2) is 33.3 Å². The van der Waals surface area contributed by atoms with Gasteiger partial charge in [-0.3, -0.25) is 4.90 Å². The fourth-order valence-corrected chi connectivity index (χ4v) is 3.29. The number of carbonyl (C=O) groups is 1. The zero-order chi connectivity index (χ0) is 19.7. The third-order valence-electron chi connectivity index (χ3n) is 4.47. The van der Waals surface area contributed by atoms with Crippen molar-refractivity contribution in [1.82, 2.24) is 4.90 Å². The highest BCUT2D eigenvalue weighted by Crippen LogP contribution is 2.41. The van der Waals surface area contributed by atoms with Gasteiger partial charge in [-0.15, -0.1) is 0 Å². The minimum Gasteiger partial charge on any atom is -0.444 e. The monoisotopic (exact) mass is 364 g/mol. The molecule has 0 radical (unpaired) electrons. The molecule has 8 heteroatoms. The SMILES string of the molecule is CC(C)(C)OC(=O)N1[C@@H](C(O)c2cccc(N=[N+]=[N-])c2F)CCC1(C)C. The van der Waals surface area contributed by atoms with Crippen molar-refractivity contribution in [2.75, 3.05) is 0 Å². The number of rotatable bonds is 3. The average Bonchev–Trinajstić information content (AvgIpc) is 2.82. The highest BCUT2D eigenvalue weighted by molar-refractivity contribution is 5.70. The first-order valence-corrected chi connectivity index (χ1v) is 8.52. The van der Waals surface area contributed by atoms with Gasteiger partial charge >= 0.3 is 6.09 Å². The van der Waals surface area contributed by atoms with E-state index < -0.39 is 35.2 Å². The Balaban J connectivity index is 2.38. The Kier molecular flexibility index (Phi) is 5.49. The third kappa shape index (κ3) is 4.08. The van der Waals surface area contributed by atoms with Crippen molar-refractivity contribution in [2.45, 2.75) is 70.7 Å². The van der Waals surface area contributed by atoms with Gasteiger partial charge in [-0.1, -0.05) is 17.2 Å². The molecule has 1 amide bonds. The quantitative estimate of drug-likeness (QED) is 0.465. The lowest BCUT2D eigenvalue weighted by Crippen LogP contribution is -2.50. The molecule has 0 saturated carbocycles. The smallest absolute Gasteiger partial charge is 0.411 e. The fourth-order valence-electron chi connectivity index (χ4n) is 3.29. The second-order valence-electron chi connectivity index (χ2n) is 8.08. The highest BCUT2D eigenvalue weighted by Gasteiger charge is 2.47. The summed E-state index contributed by atoms with van der Waals surface area (Å²) in [5.74, 6) is -0.786. The molecule has 1 aromatic rings. The second-order valence-corrected chi connectivity index (χ2v) is 8.08. The molecule has 2 atom stereocenters. The van der Waals surface area contributed by atoms with Gasteiger partial charge in [0.05, 0.1) is 11.7 Å². The largest absolute Gasteiger partial charge is 0.444 e. The molecule has 26 heavy (non-hydrogen) atoms. The van der Waals surface area contributed by atoms with Crippen LogP contribution in [0.5, 0.6) is 0 Å². The van der Waals surface area contributed by atoms with Crippen LogP contribution in [-0.2, 0) is 4.74 Å². The number of ether oxygens (including phenoxy) is 1. The molecule has 1 aliphatic heterocycles. The Bertz CT molecular complexity index is 738. The van der Waals surface area contributed by atoms with Gasteiger partial charge in [0, 0.05) is 16.0 Å². The molecule has 1 unspecified atom stereocenters. The van der Waals surface area contributed by atoms with Crippen molar-refractivity contribution in [1.29, 1.82) is 0 Å². The van der Waals surface area contributed by atoms with Gasteiger partial charge in [0.15, 0.2) is 0 Å². The van der Waals surface area contributed by atoms with E-state index in [-0.39, 0.29) is 11.3 Å². The molecule has 0 bridgehead atoms. The number of nitrogens with zero attached hydrogens (tertiary/aromatic N) is 4. The number of aliphatic hydroxyl groups excluding tert-OH is 1. The molecule has 1 aliphatic rings. The lowest BCUT2D eigenvalue weighted by Gasteiger charge is -2.38. The van der Waals surface area contributed by atoms with Crippen molar-refractivity contribution < 1.29 is 19.0 Å². The molecule has 1 saturated heterocycles. The van der Waals surface area contributed by atoms with E-state index in [1.165, 1.54) is 23.1 Å². The van der Waals surface area contributed by atoms with Crippen molar-refractivity contribution >= 4 is 11.8 Å². The molecule has 1 aromatic carbocycles. The predicted octanol–water partition coefficient (Wildman–Crippen LogP) is 4.98. The van der Waals surface area contributed by atoms with Gasteiger partial charge < -0.3 is 9.84 Å². The first kappa shape index (κ1) is 20.0. The molecule has 7 nitrogen and oxygen atoms in total. The Hall–Kier alpha value is -2.31. The summed E-state index contributed by atoms with van der Waals surface area (Å²) in [6, 6.07) is 3.62. The maximum absolute atomic E-state index is 14.6. The number of hydrogen-bond acceptors (Lipinski definition) is 4. The van der Waals surface area contributed by atoms with Gasteiger partial charge in [-0.05, 0) is 59.1 Å². The van der Waals surface area contributed by atoms with Crippen LogP contribution in [0.4, 0.5) is 14.9 Å². The van der Waals surface area contributed by atoms with Crippen LogP contribution in [0.15, 0.2) is 23.3 Å². The molecule has 1 fully saturated rings. The molecule has 142 valence electrons. The van der Waals surface area contributed by atoms with Gasteiger partial charge in [-0.25, -0.2) is 9.18 Å². The fraction of sp³-hybridized carbons (Fsp3) is 0.611. The van der Waals surface area contributed by atoms with Crippen LogP contribution >= 0.6 is 0 Å². The molecule has 0 aliphatic carbocycles. The lowest BCUT2D eigenvalue weighted by atomic mass is 9.99. The van der Waals surface area contributed by atoms with Crippen molar-refractivity contribution in [3.63, 3.8) is 0 Å². The van der Waals surface area contributed by atoms with E-state index in [1.54, 1.807) is 20.8 Å². The van der Waals surface area contributed by atoms with Crippen LogP contribution in [0.1, 0.15) is 59.1 Å². The molecule has 2 rings (SSSR count). The number of amides is 1. The van der Waals surface area contributed by atoms with Crippen molar-refractivity contribution in [3.05, 3.63) is 40.0 Å². The number of benzene rings is 1. The number of halogens is 1. The number of hydrogen-bond donors (Lipinski definition) is 1. The molecule has 0 aromatic heterocycles. The third-order valence-corrected chi connectivity index (χ3v) is 4.47. The molecule has 1 heterocycles. The topological polar surface area (TPSA) is 98.5 Å². The van der Waals surface area contributed by atoms with Crippen LogP contribution in [0.25, 0.3) is 10.4 Å². The second kappa shape index (κ2) is 7.13. The minimum atomic E-state index is -1.27. The van der Waals surface area contributed by atoms with Gasteiger partial charge in [-0.2, -0.15) is 0 Å². The van der Waals surface area contributed by atoms with E-state index in [0.717, 1.165) is 0 Å². The van der Waals surface area contributed by atoms with Crippen LogP contribution < -0.4 is 0 Å². The summed E-state index contributed by atoms with van der Waals surface area (Å²) >= 11 is 0. The summed E-state index contributed by atoms with van der Waals surface area (Å²) in [5, 5.41) is 14.1. The van der Waals surface area contributed by atoms with Crippen LogP contribution in [0.3, 0.4) is 0 Å². The van der Waals surface area contributed by atoms with Crippen LogP contribution in [0.2, 0.25) is 0 Å². The minimum absolute atomic E-state index is 0.00819. The first-order valence-electron chi connectivity index (χ1n) is 8.52. The lowest BCUT2D eigenvalue weighted by molar-refractivity contribution is -0.0172. The van der Waals surface area contributed by atoms with E-state index in [2.05, 4.69) is 10.0 Å². The van der Waals surface area contributed by atoms with E-state index >= 15 is 0 Å². The number of carbonyl (C=O) groups excluding carboxylic acids is 1. The van der Waals surface area contributed by atoms with Crippen molar-refractivity contribution in [2.24, 2.45) is 5.11 Å². The zero-order valence-corrected chi connectivity index (χ0v) is 15.7. The number of aliphatic hydroxyl groups is 1. The highest BCUT2D eigenvalue weighted by atomic mass is 19.1. The summed E-state index contributed by atoms with van der Waals surface area (Å²) < 4.78 is 20.1. The molecular weight excluding hydrogens is 339 g/mol. The van der Waals surface area contributed by atoms with E-state index in [4.69, 9.17) is 10.3 Å². The Labute approximate surface area is 152 Å². The summed E-state index contributed by atoms with van der Waals surface area (Å²) in [6.45, 7) is 9.07. The summed E-state index contributed by atoms with van der Waals surface area (Å²) in [5.41, 5.74) is 7.12. The molecule has 0 spiro atoms. The summed E-state index contributed by atoms with van der Waals surface area (Å²) in [7, 11) is 0. The molecule has 1 N–H and O–H groups in total. The predicted molar refractivity (Wildman–Crippen MR) is 95.3 cm³/mol. The first-order chi connectivity index (χ1) is 12.0. The normalized spacial score (nSPS) is 20.4. The Morgan fingerprint density at radius 3 is 2.73 bits per heavy atom. The maximum Gasteiger partial charge on any atom is 0.411 e. The summed E-state index contributed by atoms with van der Waals surface area (Å²) in [4.78, 5) is 16.8. The van der Waals surface area contributed by atoms with Gasteiger partial charge in [0.1, 0.15) is 17.5 Å². The zero-order valence-electron chi connectivity index (χ0n) is 15.7. The Morgan fingerprint density at radius 2 is 2.15 bits per heavy atom. The number of likely N-dealkylation sites (tertiary alicyclic amines) is 1. The maximum atomic E-state index is 14.6. The van der Waals surface area contributed by atoms with Gasteiger partial charge in [0.2, 0.25) is 0 Å². The van der Waals surface area contributed by atoms with E-state index in [0.29, 0.717) is 12.8 Å². The number of azide groups is 1. The van der Waals surface area contributed by atoms with E-state index in [9.17, 15) is 14.3 Å². The van der Waals surface area contributed by atoms with Gasteiger partial charge in [0.25, 0.3) is 0 Å². The average molecular weight is 364 g/mol. The van der Waals surface area contributed by atoms with Crippen molar-refractivity contribution in [3.8, 4) is 0 Å². The summed E-state index contributed by atoms with van der Waals surface area (Å²) in [6.07, 6.45) is -0.668. The Morgan fingerprint density at radius 1 is 1.50 bits per heavy atom. The molecular formula is C18H25FN4O3. The standard InChI is InChI=1S/C18H25FN4O3/c1-17(2,3)26-16(25)23-13(9-10-18(23,4)5)15(24)11-7-6-8-12(14(11)19)21-22-20/h6-8,13,15,24H,9-10H2,1-5H3/t13-,15?/m1/s1. The van der Waals surface area contributed by atoms with Crippen LogP contribution in [0, 0.1) is 5.82 Å².